The highest BCUT2D eigenvalue weighted by Crippen LogP contribution is 2.31. The van der Waals surface area contributed by atoms with Crippen LogP contribution >= 0.6 is 11.8 Å². The molecule has 0 bridgehead atoms. The largest absolute Gasteiger partial charge is 0.495 e. The Balaban J connectivity index is 1.84. The van der Waals surface area contributed by atoms with Gasteiger partial charge in [-0.2, -0.15) is 0 Å². The molecule has 29 heavy (non-hydrogen) atoms. The molecule has 0 aliphatic carbocycles. The van der Waals surface area contributed by atoms with Crippen molar-refractivity contribution in [3.05, 3.63) is 40.8 Å². The summed E-state index contributed by atoms with van der Waals surface area (Å²) in [5.41, 5.74) is 3.33. The van der Waals surface area contributed by atoms with Crippen LogP contribution < -0.4 is 10.1 Å². The Morgan fingerprint density at radius 1 is 1.24 bits per heavy atom. The molecule has 0 fully saturated rings. The number of hydrogen-bond acceptors (Lipinski definition) is 7. The summed E-state index contributed by atoms with van der Waals surface area (Å²) in [6, 6.07) is 5.65. The third kappa shape index (κ3) is 6.52. The van der Waals surface area contributed by atoms with Gasteiger partial charge in [0, 0.05) is 11.3 Å². The number of esters is 1. The fourth-order valence-corrected chi connectivity index (χ4v) is 3.56. The monoisotopic (exact) mass is 420 g/mol. The topological polar surface area (TPSA) is 90.7 Å². The number of hydrogen-bond donors (Lipinski definition) is 1. The number of nitrogens with zero attached hydrogens (tertiary/aromatic N) is 1. The van der Waals surface area contributed by atoms with Crippen LogP contribution in [0.5, 0.6) is 5.75 Å². The van der Waals surface area contributed by atoms with Gasteiger partial charge in [0.15, 0.2) is 6.61 Å². The van der Waals surface area contributed by atoms with Crippen molar-refractivity contribution in [1.29, 1.82) is 0 Å². The lowest BCUT2D eigenvalue weighted by molar-refractivity contribution is -0.144. The molecule has 0 spiro atoms. The normalized spacial score (nSPS) is 11.2. The summed E-state index contributed by atoms with van der Waals surface area (Å²) in [4.78, 5) is 24.1. The van der Waals surface area contributed by atoms with Gasteiger partial charge in [0.1, 0.15) is 11.5 Å². The number of carbonyl (C=O) groups is 2. The third-order valence-corrected chi connectivity index (χ3v) is 5.28. The van der Waals surface area contributed by atoms with Gasteiger partial charge in [-0.1, -0.05) is 32.0 Å². The Bertz CT molecular complexity index is 851. The fourth-order valence-electron chi connectivity index (χ4n) is 2.59. The average Bonchev–Trinajstić information content (AvgIpc) is 2.97. The molecule has 0 unspecified atom stereocenters. The van der Waals surface area contributed by atoms with Crippen molar-refractivity contribution in [2.24, 2.45) is 0 Å². The Hall–Kier alpha value is -2.48. The first-order chi connectivity index (χ1) is 13.6. The maximum absolute atomic E-state index is 12.2. The minimum absolute atomic E-state index is 0.0728. The lowest BCUT2D eigenvalue weighted by Crippen LogP contribution is -2.22. The summed E-state index contributed by atoms with van der Waals surface area (Å²) in [6.07, 6.45) is 0. The van der Waals surface area contributed by atoms with Crippen molar-refractivity contribution >= 4 is 29.3 Å². The first-order valence-corrected chi connectivity index (χ1v) is 10.4. The fraction of sp³-hybridized carbons (Fsp3) is 0.476. The molecule has 0 aliphatic heterocycles. The van der Waals surface area contributed by atoms with Crippen LogP contribution in [-0.4, -0.2) is 36.5 Å². The summed E-state index contributed by atoms with van der Waals surface area (Å²) >= 11 is 1.39. The highest BCUT2D eigenvalue weighted by Gasteiger charge is 2.18. The zero-order valence-electron chi connectivity index (χ0n) is 17.8. The van der Waals surface area contributed by atoms with E-state index in [9.17, 15) is 9.59 Å². The van der Waals surface area contributed by atoms with E-state index >= 15 is 0 Å². The maximum Gasteiger partial charge on any atom is 0.316 e. The molecule has 0 saturated carbocycles. The van der Waals surface area contributed by atoms with Crippen LogP contribution in [0, 0.1) is 13.8 Å². The molecular formula is C21H28N2O5S. The molecule has 0 saturated heterocycles. The summed E-state index contributed by atoms with van der Waals surface area (Å²) in [5, 5.41) is 6.64. The van der Waals surface area contributed by atoms with Crippen LogP contribution in [0.15, 0.2) is 22.7 Å². The number of anilines is 1. The number of methoxy groups -OCH3 is 1. The lowest BCUT2D eigenvalue weighted by Gasteiger charge is -2.21. The van der Waals surface area contributed by atoms with Crippen LogP contribution in [0.25, 0.3) is 0 Å². The second-order valence-electron chi connectivity index (χ2n) is 7.67. The van der Waals surface area contributed by atoms with E-state index in [4.69, 9.17) is 14.0 Å². The van der Waals surface area contributed by atoms with Crippen LogP contribution in [-0.2, 0) is 25.5 Å². The number of benzene rings is 1. The molecule has 0 radical (unpaired) electrons. The molecule has 1 aromatic heterocycles. The van der Waals surface area contributed by atoms with Gasteiger partial charge in [0.2, 0.25) is 0 Å². The zero-order chi connectivity index (χ0) is 21.6. The van der Waals surface area contributed by atoms with E-state index in [1.807, 2.05) is 32.0 Å². The van der Waals surface area contributed by atoms with Crippen molar-refractivity contribution in [3.8, 4) is 5.75 Å². The van der Waals surface area contributed by atoms with Crippen LogP contribution in [0.2, 0.25) is 0 Å². The molecule has 0 aliphatic rings. The molecule has 1 aromatic carbocycles. The van der Waals surface area contributed by atoms with Gasteiger partial charge in [-0.3, -0.25) is 9.59 Å². The smallest absolute Gasteiger partial charge is 0.316 e. The van der Waals surface area contributed by atoms with E-state index in [0.717, 1.165) is 22.6 Å². The molecule has 158 valence electrons. The Morgan fingerprint density at radius 2 is 1.97 bits per heavy atom. The number of thioether (sulfide) groups is 1. The molecule has 2 aromatic rings. The molecule has 1 N–H and O–H groups in total. The molecule has 0 atom stereocenters. The van der Waals surface area contributed by atoms with Gasteiger partial charge in [0.05, 0.1) is 24.2 Å². The minimum atomic E-state index is -0.452. The molecule has 8 heteroatoms. The van der Waals surface area contributed by atoms with Crippen LogP contribution in [0.1, 0.15) is 43.4 Å². The van der Waals surface area contributed by atoms with Gasteiger partial charge >= 0.3 is 5.97 Å². The van der Waals surface area contributed by atoms with Crippen molar-refractivity contribution < 1.29 is 23.6 Å². The van der Waals surface area contributed by atoms with E-state index in [2.05, 4.69) is 31.2 Å². The Kier molecular flexibility index (Phi) is 7.73. The van der Waals surface area contributed by atoms with Crippen molar-refractivity contribution in [1.82, 2.24) is 5.16 Å². The summed E-state index contributed by atoms with van der Waals surface area (Å²) in [5.74, 6) is 1.16. The van der Waals surface area contributed by atoms with Gasteiger partial charge in [0.25, 0.3) is 5.91 Å². The van der Waals surface area contributed by atoms with E-state index in [0.29, 0.717) is 17.2 Å². The molecule has 7 nitrogen and oxygen atoms in total. The van der Waals surface area contributed by atoms with Crippen molar-refractivity contribution in [3.63, 3.8) is 0 Å². The first kappa shape index (κ1) is 22.8. The van der Waals surface area contributed by atoms with E-state index in [1.54, 1.807) is 0 Å². The van der Waals surface area contributed by atoms with Gasteiger partial charge in [-0.25, -0.2) is 0 Å². The number of nitrogens with one attached hydrogen (secondary N) is 1. The van der Waals surface area contributed by atoms with Crippen LogP contribution in [0.3, 0.4) is 0 Å². The number of carbonyl (C=O) groups excluding carboxylic acids is 2. The number of amides is 1. The lowest BCUT2D eigenvalue weighted by atomic mass is 9.87. The van der Waals surface area contributed by atoms with Crippen molar-refractivity contribution in [2.45, 2.75) is 45.8 Å². The number of ether oxygens (including phenoxy) is 2. The number of aryl methyl sites for hydroxylation is 2. The quantitative estimate of drug-likeness (QED) is 0.645. The second-order valence-corrected chi connectivity index (χ2v) is 8.66. The predicted molar refractivity (Wildman–Crippen MR) is 113 cm³/mol. The highest BCUT2D eigenvalue weighted by molar-refractivity contribution is 7.99. The highest BCUT2D eigenvalue weighted by atomic mass is 32.2. The van der Waals surface area contributed by atoms with E-state index in [1.165, 1.54) is 18.9 Å². The minimum Gasteiger partial charge on any atom is -0.495 e. The second kappa shape index (κ2) is 9.82. The Morgan fingerprint density at radius 3 is 2.55 bits per heavy atom. The van der Waals surface area contributed by atoms with Crippen molar-refractivity contribution in [2.75, 3.05) is 24.8 Å². The predicted octanol–water partition coefficient (Wildman–Crippen LogP) is 4.01. The first-order valence-electron chi connectivity index (χ1n) is 9.25. The van der Waals surface area contributed by atoms with Gasteiger partial charge in [-0.15, -0.1) is 11.8 Å². The van der Waals surface area contributed by atoms with E-state index in [-0.39, 0.29) is 17.8 Å². The molecular weight excluding hydrogens is 392 g/mol. The summed E-state index contributed by atoms with van der Waals surface area (Å²) in [7, 11) is 1.54. The number of aromatic nitrogens is 1. The standard InChI is InChI=1S/C21H28N2O5S/c1-13-16(14(2)28-23-13)11-29-12-20(25)27-10-19(24)22-17-9-15(21(3,4)5)7-8-18(17)26-6/h7-9H,10-12H2,1-6H3,(H,22,24). The molecule has 2 rings (SSSR count). The third-order valence-electron chi connectivity index (χ3n) is 4.35. The summed E-state index contributed by atoms with van der Waals surface area (Å²) in [6.45, 7) is 9.60. The molecule has 1 amide bonds. The average molecular weight is 421 g/mol. The SMILES string of the molecule is COc1ccc(C(C)(C)C)cc1NC(=O)COC(=O)CSCc1c(C)noc1C. The van der Waals surface area contributed by atoms with E-state index < -0.39 is 11.9 Å². The van der Waals surface area contributed by atoms with Crippen LogP contribution in [0.4, 0.5) is 5.69 Å². The Labute approximate surface area is 175 Å². The molecule has 1 heterocycles. The number of rotatable bonds is 8. The zero-order valence-corrected chi connectivity index (χ0v) is 18.6. The maximum atomic E-state index is 12.2. The van der Waals surface area contributed by atoms with Gasteiger partial charge in [-0.05, 0) is 37.0 Å². The summed E-state index contributed by atoms with van der Waals surface area (Å²) < 4.78 is 15.5. The van der Waals surface area contributed by atoms with Gasteiger partial charge < -0.3 is 19.3 Å².